The van der Waals surface area contributed by atoms with E-state index < -0.39 is 5.92 Å². The third-order valence-electron chi connectivity index (χ3n) is 7.16. The maximum absolute atomic E-state index is 13.8. The first-order chi connectivity index (χ1) is 17.4. The number of rotatable bonds is 8. The van der Waals surface area contributed by atoms with Gasteiger partial charge in [-0.2, -0.15) is 0 Å². The van der Waals surface area contributed by atoms with E-state index in [9.17, 15) is 9.59 Å². The number of nitrogens with one attached hydrogen (secondary N) is 1. The second-order valence-electron chi connectivity index (χ2n) is 9.48. The molecule has 0 saturated carbocycles. The lowest BCUT2D eigenvalue weighted by atomic mass is 9.71. The van der Waals surface area contributed by atoms with Crippen LogP contribution in [0.3, 0.4) is 0 Å². The van der Waals surface area contributed by atoms with E-state index in [2.05, 4.69) is 12.2 Å². The van der Waals surface area contributed by atoms with Crippen LogP contribution in [0.15, 0.2) is 65.0 Å². The SMILES string of the molecule is CCCCOC(=O)C1=C(C)NC2=C(C(=O)C[C@@H](c3ccc(OC)c(OC)c3)C2)[C@@H]1c1ccccc1C. The van der Waals surface area contributed by atoms with Crippen LogP contribution in [0, 0.1) is 6.92 Å². The standard InChI is InChI=1S/C30H35NO5/c1-6-7-14-36-30(33)27-19(3)31-23-15-21(20-12-13-25(34-4)26(17-20)35-5)16-24(32)29(23)28(27)22-11-9-8-10-18(22)2/h8-13,17,21,28,31H,6-7,14-16H2,1-5H3/t21-,28+/m0/s1. The van der Waals surface area contributed by atoms with E-state index in [-0.39, 0.29) is 17.7 Å². The van der Waals surface area contributed by atoms with Gasteiger partial charge in [-0.1, -0.05) is 43.7 Å². The van der Waals surface area contributed by atoms with Crippen LogP contribution in [0.1, 0.15) is 68.1 Å². The number of hydrogen-bond donors (Lipinski definition) is 1. The van der Waals surface area contributed by atoms with Crippen LogP contribution in [0.2, 0.25) is 0 Å². The largest absolute Gasteiger partial charge is 0.493 e. The molecule has 0 saturated heterocycles. The number of methoxy groups -OCH3 is 2. The molecule has 2 aromatic rings. The molecular weight excluding hydrogens is 454 g/mol. The molecule has 0 aromatic heterocycles. The number of dihydropyridines is 1. The first kappa shape index (κ1) is 25.5. The molecule has 1 heterocycles. The molecule has 2 atom stereocenters. The summed E-state index contributed by atoms with van der Waals surface area (Å²) in [6.07, 6.45) is 2.76. The zero-order valence-electron chi connectivity index (χ0n) is 21.8. The van der Waals surface area contributed by atoms with Crippen LogP contribution < -0.4 is 14.8 Å². The molecule has 4 rings (SSSR count). The number of hydrogen-bond acceptors (Lipinski definition) is 6. The van der Waals surface area contributed by atoms with Crippen molar-refractivity contribution in [1.29, 1.82) is 0 Å². The van der Waals surface area contributed by atoms with Gasteiger partial charge in [0.1, 0.15) is 0 Å². The number of esters is 1. The summed E-state index contributed by atoms with van der Waals surface area (Å²) < 4.78 is 16.5. The molecule has 1 N–H and O–H groups in total. The monoisotopic (exact) mass is 489 g/mol. The van der Waals surface area contributed by atoms with E-state index in [1.807, 2.05) is 56.3 Å². The van der Waals surface area contributed by atoms with E-state index in [1.54, 1.807) is 14.2 Å². The highest BCUT2D eigenvalue weighted by Crippen LogP contribution is 2.47. The number of unbranched alkanes of at least 4 members (excludes halogenated alkanes) is 1. The fourth-order valence-electron chi connectivity index (χ4n) is 5.26. The molecule has 0 amide bonds. The van der Waals surface area contributed by atoms with Gasteiger partial charge in [-0.05, 0) is 61.4 Å². The van der Waals surface area contributed by atoms with Crippen molar-refractivity contribution < 1.29 is 23.8 Å². The Morgan fingerprint density at radius 1 is 1.03 bits per heavy atom. The normalized spacial score (nSPS) is 19.5. The van der Waals surface area contributed by atoms with Gasteiger partial charge >= 0.3 is 5.97 Å². The van der Waals surface area contributed by atoms with Crippen molar-refractivity contribution in [2.45, 2.75) is 58.3 Å². The van der Waals surface area contributed by atoms with Gasteiger partial charge < -0.3 is 19.5 Å². The number of allylic oxidation sites excluding steroid dienone is 3. The van der Waals surface area contributed by atoms with E-state index in [0.717, 1.165) is 40.9 Å². The molecule has 0 radical (unpaired) electrons. The number of Topliss-reactive ketones (excluding diaryl/α,β-unsaturated/α-hetero) is 1. The van der Waals surface area contributed by atoms with Crippen molar-refractivity contribution in [1.82, 2.24) is 5.32 Å². The minimum absolute atomic E-state index is 0.00747. The molecule has 36 heavy (non-hydrogen) atoms. The molecule has 190 valence electrons. The average molecular weight is 490 g/mol. The topological polar surface area (TPSA) is 73.9 Å². The van der Waals surface area contributed by atoms with Gasteiger partial charge in [0.05, 0.1) is 26.4 Å². The van der Waals surface area contributed by atoms with Crippen molar-refractivity contribution in [3.63, 3.8) is 0 Å². The van der Waals surface area contributed by atoms with Gasteiger partial charge in [0.15, 0.2) is 17.3 Å². The average Bonchev–Trinajstić information content (AvgIpc) is 2.87. The van der Waals surface area contributed by atoms with E-state index in [1.165, 1.54) is 0 Å². The maximum Gasteiger partial charge on any atom is 0.336 e. The van der Waals surface area contributed by atoms with E-state index in [0.29, 0.717) is 42.1 Å². The summed E-state index contributed by atoms with van der Waals surface area (Å²) in [7, 11) is 3.22. The van der Waals surface area contributed by atoms with Crippen LogP contribution in [-0.4, -0.2) is 32.6 Å². The zero-order valence-corrected chi connectivity index (χ0v) is 21.8. The number of carbonyl (C=O) groups is 2. The molecule has 6 heteroatoms. The Morgan fingerprint density at radius 2 is 1.78 bits per heavy atom. The van der Waals surface area contributed by atoms with Gasteiger partial charge in [-0.3, -0.25) is 4.79 Å². The Kier molecular flexibility index (Phi) is 7.82. The second-order valence-corrected chi connectivity index (χ2v) is 9.48. The number of ketones is 1. The summed E-state index contributed by atoms with van der Waals surface area (Å²) in [5, 5.41) is 3.42. The molecule has 6 nitrogen and oxygen atoms in total. The minimum atomic E-state index is -0.449. The molecule has 1 aliphatic carbocycles. The molecule has 0 bridgehead atoms. The third kappa shape index (κ3) is 4.90. The predicted octanol–water partition coefficient (Wildman–Crippen LogP) is 5.72. The lowest BCUT2D eigenvalue weighted by Gasteiger charge is -2.37. The molecule has 2 aliphatic rings. The molecule has 1 aliphatic heterocycles. The van der Waals surface area contributed by atoms with Crippen molar-refractivity contribution >= 4 is 11.8 Å². The summed E-state index contributed by atoms with van der Waals surface area (Å²) >= 11 is 0. The van der Waals surface area contributed by atoms with E-state index in [4.69, 9.17) is 14.2 Å². The first-order valence-electron chi connectivity index (χ1n) is 12.6. The third-order valence-corrected chi connectivity index (χ3v) is 7.16. The number of aryl methyl sites for hydroxylation is 1. The smallest absolute Gasteiger partial charge is 0.336 e. The Hall–Kier alpha value is -3.54. The van der Waals surface area contributed by atoms with Crippen LogP contribution in [0.4, 0.5) is 0 Å². The Morgan fingerprint density at radius 3 is 2.47 bits per heavy atom. The fourth-order valence-corrected chi connectivity index (χ4v) is 5.26. The van der Waals surface area contributed by atoms with Crippen LogP contribution in [0.25, 0.3) is 0 Å². The van der Waals surface area contributed by atoms with Crippen molar-refractivity contribution in [2.24, 2.45) is 0 Å². The van der Waals surface area contributed by atoms with E-state index >= 15 is 0 Å². The molecule has 2 aromatic carbocycles. The van der Waals surface area contributed by atoms with Gasteiger partial charge in [0, 0.05) is 29.3 Å². The number of ether oxygens (including phenoxy) is 3. The summed E-state index contributed by atoms with van der Waals surface area (Å²) in [6, 6.07) is 13.8. The van der Waals surface area contributed by atoms with Crippen LogP contribution >= 0.6 is 0 Å². The predicted molar refractivity (Wildman–Crippen MR) is 139 cm³/mol. The maximum atomic E-state index is 13.8. The second kappa shape index (κ2) is 11.0. The van der Waals surface area contributed by atoms with Gasteiger partial charge in [-0.15, -0.1) is 0 Å². The zero-order chi connectivity index (χ0) is 25.8. The summed E-state index contributed by atoms with van der Waals surface area (Å²) in [5.74, 6) is 0.530. The molecule has 0 spiro atoms. The molecule has 0 unspecified atom stereocenters. The summed E-state index contributed by atoms with van der Waals surface area (Å²) in [4.78, 5) is 27.1. The van der Waals surface area contributed by atoms with Crippen LogP contribution in [0.5, 0.6) is 11.5 Å². The Bertz CT molecular complexity index is 1230. The van der Waals surface area contributed by atoms with Crippen LogP contribution in [-0.2, 0) is 14.3 Å². The van der Waals surface area contributed by atoms with Gasteiger partial charge in [0.2, 0.25) is 0 Å². The highest BCUT2D eigenvalue weighted by atomic mass is 16.5. The van der Waals surface area contributed by atoms with Gasteiger partial charge in [-0.25, -0.2) is 4.79 Å². The number of benzene rings is 2. The van der Waals surface area contributed by atoms with Crippen molar-refractivity contribution in [3.05, 3.63) is 81.7 Å². The Balaban J connectivity index is 1.75. The first-order valence-corrected chi connectivity index (χ1v) is 12.6. The van der Waals surface area contributed by atoms with Gasteiger partial charge in [0.25, 0.3) is 0 Å². The lowest BCUT2D eigenvalue weighted by molar-refractivity contribution is -0.139. The minimum Gasteiger partial charge on any atom is -0.493 e. The fraction of sp³-hybridized carbons (Fsp3) is 0.400. The summed E-state index contributed by atoms with van der Waals surface area (Å²) in [5.41, 5.74) is 5.84. The quantitative estimate of drug-likeness (QED) is 0.378. The Labute approximate surface area is 213 Å². The summed E-state index contributed by atoms with van der Waals surface area (Å²) in [6.45, 7) is 6.35. The number of carbonyl (C=O) groups excluding carboxylic acids is 2. The molecular formula is C30H35NO5. The van der Waals surface area contributed by atoms with Crippen molar-refractivity contribution in [2.75, 3.05) is 20.8 Å². The molecule has 0 fully saturated rings. The highest BCUT2D eigenvalue weighted by molar-refractivity contribution is 6.04. The lowest BCUT2D eigenvalue weighted by Crippen LogP contribution is -2.36. The van der Waals surface area contributed by atoms with Crippen molar-refractivity contribution in [3.8, 4) is 11.5 Å². The highest BCUT2D eigenvalue weighted by Gasteiger charge is 2.42.